The summed E-state index contributed by atoms with van der Waals surface area (Å²) in [4.78, 5) is 12.2. The summed E-state index contributed by atoms with van der Waals surface area (Å²) < 4.78 is 12.9. The Balaban J connectivity index is 3.42. The molecule has 0 aromatic heterocycles. The highest BCUT2D eigenvalue weighted by molar-refractivity contribution is 6.33. The first-order valence-electron chi connectivity index (χ1n) is 3.07. The number of hydrogen-bond donors (Lipinski definition) is 0. The molecule has 66 valence electrons. The SMILES string of the molecule is [C-]#[N+]c1cc(F)c([N+](=O)[O-])c(Cl)c1. The van der Waals surface area contributed by atoms with Gasteiger partial charge < -0.3 is 0 Å². The second-order valence-corrected chi connectivity index (χ2v) is 2.53. The van der Waals surface area contributed by atoms with E-state index < -0.39 is 16.4 Å². The molecule has 0 radical (unpaired) electrons. The highest BCUT2D eigenvalue weighted by Crippen LogP contribution is 2.31. The molecule has 0 aliphatic carbocycles. The Morgan fingerprint density at radius 3 is 2.62 bits per heavy atom. The van der Waals surface area contributed by atoms with E-state index in [2.05, 4.69) is 4.85 Å². The molecular formula is C7H2ClFN2O2. The van der Waals surface area contributed by atoms with Crippen LogP contribution in [0.4, 0.5) is 15.8 Å². The van der Waals surface area contributed by atoms with Gasteiger partial charge in [0.15, 0.2) is 11.5 Å². The molecule has 0 aliphatic rings. The van der Waals surface area contributed by atoms with E-state index in [0.29, 0.717) is 0 Å². The molecule has 6 heteroatoms. The average molecular weight is 201 g/mol. The Kier molecular flexibility index (Phi) is 2.44. The minimum atomic E-state index is -1.09. The minimum Gasteiger partial charge on any atom is -0.258 e. The maximum Gasteiger partial charge on any atom is 0.320 e. The molecule has 0 atom stereocenters. The van der Waals surface area contributed by atoms with Crippen LogP contribution in [0.25, 0.3) is 4.85 Å². The maximum absolute atomic E-state index is 12.9. The van der Waals surface area contributed by atoms with Crippen LogP contribution in [0, 0.1) is 22.5 Å². The number of nitro groups is 1. The number of benzene rings is 1. The van der Waals surface area contributed by atoms with Gasteiger partial charge in [0.1, 0.15) is 5.02 Å². The zero-order valence-electron chi connectivity index (χ0n) is 6.12. The lowest BCUT2D eigenvalue weighted by Gasteiger charge is -1.96. The molecule has 0 saturated heterocycles. The lowest BCUT2D eigenvalue weighted by molar-refractivity contribution is -0.387. The van der Waals surface area contributed by atoms with Crippen molar-refractivity contribution in [2.24, 2.45) is 0 Å². The largest absolute Gasteiger partial charge is 0.320 e. The minimum absolute atomic E-state index is 0.0619. The van der Waals surface area contributed by atoms with Crippen molar-refractivity contribution in [3.8, 4) is 0 Å². The fraction of sp³-hybridized carbons (Fsp3) is 0. The first-order chi connectivity index (χ1) is 6.06. The van der Waals surface area contributed by atoms with E-state index >= 15 is 0 Å². The van der Waals surface area contributed by atoms with Crippen molar-refractivity contribution in [1.29, 1.82) is 0 Å². The van der Waals surface area contributed by atoms with E-state index in [4.69, 9.17) is 18.2 Å². The first kappa shape index (κ1) is 9.42. The van der Waals surface area contributed by atoms with Crippen molar-refractivity contribution in [3.05, 3.63) is 44.5 Å². The van der Waals surface area contributed by atoms with Gasteiger partial charge in [-0.05, 0) is 12.1 Å². The molecule has 1 aromatic carbocycles. The van der Waals surface area contributed by atoms with Gasteiger partial charge in [-0.15, -0.1) is 0 Å². The van der Waals surface area contributed by atoms with Gasteiger partial charge in [-0.1, -0.05) is 11.6 Å². The van der Waals surface area contributed by atoms with Crippen LogP contribution in [0.1, 0.15) is 0 Å². The van der Waals surface area contributed by atoms with Crippen molar-refractivity contribution in [3.63, 3.8) is 0 Å². The standard InChI is InChI=1S/C7H2ClFN2O2/c1-10-4-2-5(8)7(11(12)13)6(9)3-4/h2-3H. The molecule has 0 spiro atoms. The Morgan fingerprint density at radius 2 is 2.23 bits per heavy atom. The Bertz CT molecular complexity index is 390. The van der Waals surface area contributed by atoms with Gasteiger partial charge in [0.25, 0.3) is 0 Å². The first-order valence-corrected chi connectivity index (χ1v) is 3.45. The van der Waals surface area contributed by atoms with Crippen LogP contribution >= 0.6 is 11.6 Å². The van der Waals surface area contributed by atoms with Gasteiger partial charge in [-0.2, -0.15) is 0 Å². The molecule has 0 unspecified atom stereocenters. The van der Waals surface area contributed by atoms with E-state index in [0.717, 1.165) is 12.1 Å². The van der Waals surface area contributed by atoms with E-state index in [1.165, 1.54) is 0 Å². The van der Waals surface area contributed by atoms with Gasteiger partial charge in [-0.3, -0.25) is 10.1 Å². The fourth-order valence-corrected chi connectivity index (χ4v) is 1.06. The van der Waals surface area contributed by atoms with Crippen LogP contribution in [0.2, 0.25) is 5.02 Å². The van der Waals surface area contributed by atoms with Gasteiger partial charge in [0.2, 0.25) is 0 Å². The third-order valence-electron chi connectivity index (χ3n) is 1.31. The number of hydrogen-bond acceptors (Lipinski definition) is 2. The lowest BCUT2D eigenvalue weighted by atomic mass is 10.3. The second kappa shape index (κ2) is 3.37. The third-order valence-corrected chi connectivity index (χ3v) is 1.60. The quantitative estimate of drug-likeness (QED) is 0.398. The van der Waals surface area contributed by atoms with Crippen molar-refractivity contribution >= 4 is 23.0 Å². The zero-order chi connectivity index (χ0) is 10.0. The number of halogens is 2. The van der Waals surface area contributed by atoms with Crippen LogP contribution < -0.4 is 0 Å². The molecule has 0 fully saturated rings. The van der Waals surface area contributed by atoms with E-state index in [-0.39, 0.29) is 10.7 Å². The summed E-state index contributed by atoms with van der Waals surface area (Å²) in [5, 5.41) is 9.88. The predicted molar refractivity (Wildman–Crippen MR) is 44.3 cm³/mol. The monoisotopic (exact) mass is 200 g/mol. The van der Waals surface area contributed by atoms with Crippen molar-refractivity contribution in [1.82, 2.24) is 0 Å². The topological polar surface area (TPSA) is 47.5 Å². The third kappa shape index (κ3) is 1.73. The number of nitro benzene ring substituents is 1. The molecule has 0 amide bonds. The molecule has 0 N–H and O–H groups in total. The van der Waals surface area contributed by atoms with Crippen LogP contribution in [0.15, 0.2) is 12.1 Å². The predicted octanol–water partition coefficient (Wildman–Crippen LogP) is 2.94. The normalized spacial score (nSPS) is 9.31. The summed E-state index contributed by atoms with van der Waals surface area (Å²) in [7, 11) is 0. The summed E-state index contributed by atoms with van der Waals surface area (Å²) in [5.41, 5.74) is -0.859. The number of rotatable bonds is 1. The van der Waals surface area contributed by atoms with Crippen LogP contribution in [-0.4, -0.2) is 4.92 Å². The van der Waals surface area contributed by atoms with Crippen molar-refractivity contribution in [2.75, 3.05) is 0 Å². The molecule has 0 saturated carbocycles. The molecule has 1 aromatic rings. The maximum atomic E-state index is 12.9. The van der Waals surface area contributed by atoms with E-state index in [1.54, 1.807) is 0 Å². The molecule has 0 bridgehead atoms. The number of nitrogens with zero attached hydrogens (tertiary/aromatic N) is 2. The van der Waals surface area contributed by atoms with Crippen LogP contribution in [0.5, 0.6) is 0 Å². The summed E-state index contributed by atoms with van der Waals surface area (Å²) in [6, 6.07) is 1.83. The van der Waals surface area contributed by atoms with Gasteiger partial charge in [-0.25, -0.2) is 9.24 Å². The van der Waals surface area contributed by atoms with E-state index in [9.17, 15) is 14.5 Å². The van der Waals surface area contributed by atoms with Gasteiger partial charge >= 0.3 is 5.69 Å². The molecule has 4 nitrogen and oxygen atoms in total. The lowest BCUT2D eigenvalue weighted by Crippen LogP contribution is -1.92. The second-order valence-electron chi connectivity index (χ2n) is 2.13. The van der Waals surface area contributed by atoms with Gasteiger partial charge in [0.05, 0.1) is 11.5 Å². The Labute approximate surface area is 77.5 Å². The molecule has 0 heterocycles. The molecule has 0 aliphatic heterocycles. The van der Waals surface area contributed by atoms with Crippen LogP contribution in [-0.2, 0) is 0 Å². The Morgan fingerprint density at radius 1 is 1.62 bits per heavy atom. The summed E-state index contributed by atoms with van der Waals surface area (Å²) in [6.07, 6.45) is 0. The van der Waals surface area contributed by atoms with Gasteiger partial charge in [0, 0.05) is 0 Å². The smallest absolute Gasteiger partial charge is 0.258 e. The fourth-order valence-electron chi connectivity index (χ4n) is 0.791. The highest BCUT2D eigenvalue weighted by atomic mass is 35.5. The summed E-state index contributed by atoms with van der Waals surface area (Å²) in [5.74, 6) is -1.09. The average Bonchev–Trinajstić information content (AvgIpc) is 2.02. The van der Waals surface area contributed by atoms with Crippen molar-refractivity contribution in [2.45, 2.75) is 0 Å². The highest BCUT2D eigenvalue weighted by Gasteiger charge is 2.19. The van der Waals surface area contributed by atoms with Crippen LogP contribution in [0.3, 0.4) is 0 Å². The molecular weight excluding hydrogens is 199 g/mol. The zero-order valence-corrected chi connectivity index (χ0v) is 6.88. The molecule has 13 heavy (non-hydrogen) atoms. The summed E-state index contributed by atoms with van der Waals surface area (Å²) in [6.45, 7) is 6.54. The molecule has 1 rings (SSSR count). The summed E-state index contributed by atoms with van der Waals surface area (Å²) >= 11 is 5.38. The van der Waals surface area contributed by atoms with Crippen molar-refractivity contribution < 1.29 is 9.31 Å². The van der Waals surface area contributed by atoms with E-state index in [1.807, 2.05) is 0 Å². The Hall–Kier alpha value is -1.67.